The average molecular weight is 290 g/mol. The molecule has 1 heterocycles. The van der Waals surface area contributed by atoms with Crippen LogP contribution in [0.4, 0.5) is 5.69 Å². The summed E-state index contributed by atoms with van der Waals surface area (Å²) in [6.07, 6.45) is 1.20. The first-order chi connectivity index (χ1) is 10.2. The molecule has 2 rings (SSSR count). The minimum Gasteiger partial charge on any atom is -0.399 e. The molecule has 0 bridgehead atoms. The highest BCUT2D eigenvalue weighted by atomic mass is 15.3. The maximum Gasteiger partial charge on any atom is 0.0317 e. The Morgan fingerprint density at radius 2 is 1.90 bits per heavy atom. The van der Waals surface area contributed by atoms with Gasteiger partial charge >= 0.3 is 0 Å². The molecule has 118 valence electrons. The molecule has 1 fully saturated rings. The zero-order valence-electron chi connectivity index (χ0n) is 13.6. The van der Waals surface area contributed by atoms with Gasteiger partial charge in [-0.1, -0.05) is 19.1 Å². The van der Waals surface area contributed by atoms with Crippen LogP contribution in [-0.2, 0) is 6.54 Å². The summed E-state index contributed by atoms with van der Waals surface area (Å²) in [5.41, 5.74) is 8.07. The molecule has 2 N–H and O–H groups in total. The topological polar surface area (TPSA) is 35.7 Å². The highest BCUT2D eigenvalue weighted by Gasteiger charge is 2.14. The predicted octanol–water partition coefficient (Wildman–Crippen LogP) is 1.73. The van der Waals surface area contributed by atoms with E-state index in [9.17, 15) is 0 Å². The largest absolute Gasteiger partial charge is 0.399 e. The Balaban J connectivity index is 1.81. The van der Waals surface area contributed by atoms with Gasteiger partial charge in [0.2, 0.25) is 0 Å². The summed E-state index contributed by atoms with van der Waals surface area (Å²) in [6.45, 7) is 11.5. The van der Waals surface area contributed by atoms with E-state index in [4.69, 9.17) is 5.73 Å². The van der Waals surface area contributed by atoms with Crippen LogP contribution in [0, 0.1) is 0 Å². The molecule has 0 unspecified atom stereocenters. The van der Waals surface area contributed by atoms with Crippen LogP contribution in [0.5, 0.6) is 0 Å². The molecule has 0 spiro atoms. The van der Waals surface area contributed by atoms with Gasteiger partial charge in [-0.05, 0) is 37.7 Å². The summed E-state index contributed by atoms with van der Waals surface area (Å²) in [5.74, 6) is 0. The van der Waals surface area contributed by atoms with Gasteiger partial charge in [-0.25, -0.2) is 0 Å². The molecule has 1 saturated heterocycles. The first-order valence-electron chi connectivity index (χ1n) is 8.15. The second-order valence-electron chi connectivity index (χ2n) is 6.17. The van der Waals surface area contributed by atoms with Crippen molar-refractivity contribution < 1.29 is 0 Å². The van der Waals surface area contributed by atoms with Crippen molar-refractivity contribution in [2.45, 2.75) is 19.9 Å². The monoisotopic (exact) mass is 290 g/mol. The van der Waals surface area contributed by atoms with Crippen LogP contribution in [0.1, 0.15) is 18.9 Å². The molecule has 0 saturated carbocycles. The molecule has 1 aromatic rings. The lowest BCUT2D eigenvalue weighted by molar-refractivity contribution is 0.133. The van der Waals surface area contributed by atoms with Crippen LogP contribution in [0.15, 0.2) is 24.3 Å². The van der Waals surface area contributed by atoms with E-state index in [0.29, 0.717) is 0 Å². The Labute approximate surface area is 129 Å². The van der Waals surface area contributed by atoms with Gasteiger partial charge in [0, 0.05) is 51.5 Å². The first-order valence-corrected chi connectivity index (χ1v) is 8.15. The fourth-order valence-corrected chi connectivity index (χ4v) is 2.89. The van der Waals surface area contributed by atoms with Crippen molar-refractivity contribution in [2.75, 3.05) is 58.6 Å². The second-order valence-corrected chi connectivity index (χ2v) is 6.17. The summed E-state index contributed by atoms with van der Waals surface area (Å²) in [5, 5.41) is 0. The van der Waals surface area contributed by atoms with Crippen molar-refractivity contribution in [1.29, 1.82) is 0 Å². The van der Waals surface area contributed by atoms with Gasteiger partial charge in [0.15, 0.2) is 0 Å². The van der Waals surface area contributed by atoms with E-state index < -0.39 is 0 Å². The summed E-state index contributed by atoms with van der Waals surface area (Å²) in [4.78, 5) is 7.54. The fraction of sp³-hybridized carbons (Fsp3) is 0.647. The number of benzene rings is 1. The highest BCUT2D eigenvalue weighted by Crippen LogP contribution is 2.10. The Hall–Kier alpha value is -1.10. The van der Waals surface area contributed by atoms with Gasteiger partial charge in [-0.2, -0.15) is 0 Å². The van der Waals surface area contributed by atoms with Gasteiger partial charge in [-0.15, -0.1) is 0 Å². The van der Waals surface area contributed by atoms with Gasteiger partial charge in [-0.3, -0.25) is 9.80 Å². The average Bonchev–Trinajstić information content (AvgIpc) is 2.47. The van der Waals surface area contributed by atoms with E-state index in [-0.39, 0.29) is 0 Å². The zero-order chi connectivity index (χ0) is 15.1. The van der Waals surface area contributed by atoms with Crippen LogP contribution in [0.2, 0.25) is 0 Å². The van der Waals surface area contributed by atoms with E-state index in [2.05, 4.69) is 46.9 Å². The third-order valence-electron chi connectivity index (χ3n) is 4.23. The zero-order valence-corrected chi connectivity index (χ0v) is 13.6. The van der Waals surface area contributed by atoms with E-state index in [1.165, 1.54) is 44.7 Å². The molecular weight excluding hydrogens is 260 g/mol. The standard InChI is InChI=1S/C17H30N4/c1-3-7-21(15-16-5-4-6-17(18)14-16)13-12-20-10-8-19(2)9-11-20/h4-6,14H,3,7-13,15,18H2,1-2H3. The van der Waals surface area contributed by atoms with Crippen molar-refractivity contribution in [2.24, 2.45) is 0 Å². The molecule has 0 radical (unpaired) electrons. The lowest BCUT2D eigenvalue weighted by atomic mass is 10.2. The highest BCUT2D eigenvalue weighted by molar-refractivity contribution is 5.40. The number of rotatable bonds is 7. The minimum atomic E-state index is 0.864. The van der Waals surface area contributed by atoms with Crippen molar-refractivity contribution >= 4 is 5.69 Å². The number of likely N-dealkylation sites (N-methyl/N-ethyl adjacent to an activating group) is 1. The van der Waals surface area contributed by atoms with Crippen molar-refractivity contribution in [1.82, 2.24) is 14.7 Å². The number of hydrogen-bond donors (Lipinski definition) is 1. The third-order valence-corrected chi connectivity index (χ3v) is 4.23. The van der Waals surface area contributed by atoms with Crippen molar-refractivity contribution in [3.8, 4) is 0 Å². The first kappa shape index (κ1) is 16.3. The van der Waals surface area contributed by atoms with Gasteiger partial charge < -0.3 is 10.6 Å². The number of hydrogen-bond acceptors (Lipinski definition) is 4. The van der Waals surface area contributed by atoms with Gasteiger partial charge in [0.1, 0.15) is 0 Å². The number of anilines is 1. The van der Waals surface area contributed by atoms with Gasteiger partial charge in [0.05, 0.1) is 0 Å². The Kier molecular flexibility index (Phi) is 6.49. The smallest absolute Gasteiger partial charge is 0.0317 e. The number of nitrogens with two attached hydrogens (primary N) is 1. The summed E-state index contributed by atoms with van der Waals surface area (Å²) in [7, 11) is 2.21. The molecule has 0 atom stereocenters. The van der Waals surface area contributed by atoms with Crippen LogP contribution in [0.25, 0.3) is 0 Å². The number of nitrogen functional groups attached to an aromatic ring is 1. The summed E-state index contributed by atoms with van der Waals surface area (Å²) < 4.78 is 0. The summed E-state index contributed by atoms with van der Waals surface area (Å²) >= 11 is 0. The van der Waals surface area contributed by atoms with Crippen LogP contribution < -0.4 is 5.73 Å². The quantitative estimate of drug-likeness (QED) is 0.776. The summed E-state index contributed by atoms with van der Waals surface area (Å²) in [6, 6.07) is 8.28. The Morgan fingerprint density at radius 3 is 2.57 bits per heavy atom. The van der Waals surface area contributed by atoms with E-state index in [0.717, 1.165) is 25.3 Å². The lowest BCUT2D eigenvalue weighted by Crippen LogP contribution is -2.47. The SMILES string of the molecule is CCCN(CCN1CCN(C)CC1)Cc1cccc(N)c1. The van der Waals surface area contributed by atoms with Gasteiger partial charge in [0.25, 0.3) is 0 Å². The third kappa shape index (κ3) is 5.65. The molecule has 1 aliphatic heterocycles. The molecule has 0 aromatic heterocycles. The molecule has 21 heavy (non-hydrogen) atoms. The van der Waals surface area contributed by atoms with Crippen molar-refractivity contribution in [3.05, 3.63) is 29.8 Å². The minimum absolute atomic E-state index is 0.864. The van der Waals surface area contributed by atoms with E-state index in [1.54, 1.807) is 0 Å². The molecular formula is C17H30N4. The molecule has 1 aromatic carbocycles. The molecule has 4 heteroatoms. The molecule has 0 aliphatic carbocycles. The second kappa shape index (κ2) is 8.37. The predicted molar refractivity (Wildman–Crippen MR) is 90.4 cm³/mol. The maximum absolute atomic E-state index is 5.88. The Morgan fingerprint density at radius 1 is 1.14 bits per heavy atom. The maximum atomic E-state index is 5.88. The number of nitrogens with zero attached hydrogens (tertiary/aromatic N) is 3. The fourth-order valence-electron chi connectivity index (χ4n) is 2.89. The normalized spacial score (nSPS) is 17.5. The van der Waals surface area contributed by atoms with Crippen LogP contribution >= 0.6 is 0 Å². The molecule has 1 aliphatic rings. The van der Waals surface area contributed by atoms with Crippen LogP contribution in [0.3, 0.4) is 0 Å². The van der Waals surface area contributed by atoms with E-state index >= 15 is 0 Å². The molecule has 0 amide bonds. The Bertz CT molecular complexity index is 413. The van der Waals surface area contributed by atoms with Crippen molar-refractivity contribution in [3.63, 3.8) is 0 Å². The lowest BCUT2D eigenvalue weighted by Gasteiger charge is -2.34. The number of piperazine rings is 1. The van der Waals surface area contributed by atoms with E-state index in [1.807, 2.05) is 6.07 Å². The molecule has 4 nitrogen and oxygen atoms in total. The van der Waals surface area contributed by atoms with Crippen LogP contribution in [-0.4, -0.2) is 67.6 Å².